The Bertz CT molecular complexity index is 408. The minimum atomic E-state index is 0.636. The Morgan fingerprint density at radius 1 is 1.50 bits per heavy atom. The van der Waals surface area contributed by atoms with Crippen molar-refractivity contribution in [3.05, 3.63) is 28.2 Å². The van der Waals surface area contributed by atoms with Gasteiger partial charge in [-0.3, -0.25) is 0 Å². The van der Waals surface area contributed by atoms with E-state index in [2.05, 4.69) is 57.9 Å². The van der Waals surface area contributed by atoms with Gasteiger partial charge in [-0.25, -0.2) is 0 Å². The highest BCUT2D eigenvalue weighted by atomic mass is 79.9. The van der Waals surface area contributed by atoms with E-state index in [1.807, 2.05) is 0 Å². The average Bonchev–Trinajstić information content (AvgIpc) is 2.78. The number of benzene rings is 1. The number of aryl methyl sites for hydroxylation is 1. The molecule has 0 amide bonds. The Morgan fingerprint density at radius 2 is 2.28 bits per heavy atom. The topological polar surface area (TPSA) is 32.5 Å². The van der Waals surface area contributed by atoms with Gasteiger partial charge in [0, 0.05) is 42.4 Å². The van der Waals surface area contributed by atoms with Gasteiger partial charge in [0.05, 0.1) is 0 Å². The maximum Gasteiger partial charge on any atom is 0.0397 e. The van der Waals surface area contributed by atoms with E-state index < -0.39 is 0 Å². The molecule has 1 aliphatic heterocycles. The van der Waals surface area contributed by atoms with Crippen molar-refractivity contribution in [1.29, 1.82) is 0 Å². The number of hydrogen-bond acceptors (Lipinski definition) is 3. The van der Waals surface area contributed by atoms with Crippen molar-refractivity contribution in [2.45, 2.75) is 19.4 Å². The third-order valence-electron chi connectivity index (χ3n) is 3.77. The molecule has 2 rings (SSSR count). The van der Waals surface area contributed by atoms with Crippen LogP contribution in [0.2, 0.25) is 0 Å². The van der Waals surface area contributed by atoms with Gasteiger partial charge in [-0.2, -0.15) is 0 Å². The van der Waals surface area contributed by atoms with Crippen LogP contribution in [0.3, 0.4) is 0 Å². The molecular weight excluding hydrogens is 290 g/mol. The first-order chi connectivity index (χ1) is 8.61. The van der Waals surface area contributed by atoms with Gasteiger partial charge in [-0.15, -0.1) is 0 Å². The number of hydrogen-bond donors (Lipinski definition) is 1. The largest absolute Gasteiger partial charge is 0.370 e. The molecular formula is C14H22BrN3. The molecule has 0 spiro atoms. The van der Waals surface area contributed by atoms with Gasteiger partial charge in [0.1, 0.15) is 0 Å². The monoisotopic (exact) mass is 311 g/mol. The molecule has 4 heteroatoms. The van der Waals surface area contributed by atoms with Crippen LogP contribution in [0.1, 0.15) is 12.0 Å². The van der Waals surface area contributed by atoms with Crippen molar-refractivity contribution in [2.24, 2.45) is 5.73 Å². The van der Waals surface area contributed by atoms with Crippen molar-refractivity contribution in [2.75, 3.05) is 38.1 Å². The Kier molecular flexibility index (Phi) is 4.65. The van der Waals surface area contributed by atoms with Crippen LogP contribution in [0.5, 0.6) is 0 Å². The standard InChI is InChI=1S/C14H22BrN3/c1-11-9-12(15)3-4-14(11)18-7-5-13(10-18)17(2)8-6-16/h3-4,9,13H,5-8,10,16H2,1-2H3. The van der Waals surface area contributed by atoms with E-state index in [-0.39, 0.29) is 0 Å². The highest BCUT2D eigenvalue weighted by Crippen LogP contribution is 2.27. The zero-order valence-electron chi connectivity index (χ0n) is 11.2. The van der Waals surface area contributed by atoms with Gasteiger partial charge in [0.2, 0.25) is 0 Å². The second kappa shape index (κ2) is 6.04. The van der Waals surface area contributed by atoms with Crippen LogP contribution in [0.25, 0.3) is 0 Å². The summed E-state index contributed by atoms with van der Waals surface area (Å²) in [6, 6.07) is 7.16. The van der Waals surface area contributed by atoms with Crippen LogP contribution in [0, 0.1) is 6.92 Å². The zero-order valence-corrected chi connectivity index (χ0v) is 12.8. The van der Waals surface area contributed by atoms with Gasteiger partial charge < -0.3 is 15.5 Å². The van der Waals surface area contributed by atoms with E-state index in [4.69, 9.17) is 5.73 Å². The molecule has 0 saturated carbocycles. The number of nitrogens with two attached hydrogens (primary N) is 1. The Labute approximate surface area is 118 Å². The van der Waals surface area contributed by atoms with Crippen molar-refractivity contribution >= 4 is 21.6 Å². The van der Waals surface area contributed by atoms with Crippen molar-refractivity contribution in [3.63, 3.8) is 0 Å². The normalized spacial score (nSPS) is 19.8. The highest BCUT2D eigenvalue weighted by Gasteiger charge is 2.26. The van der Waals surface area contributed by atoms with Crippen LogP contribution in [0.4, 0.5) is 5.69 Å². The van der Waals surface area contributed by atoms with Gasteiger partial charge >= 0.3 is 0 Å². The van der Waals surface area contributed by atoms with Gasteiger partial charge in [-0.1, -0.05) is 15.9 Å². The Balaban J connectivity index is 2.04. The molecule has 18 heavy (non-hydrogen) atoms. The minimum Gasteiger partial charge on any atom is -0.370 e. The summed E-state index contributed by atoms with van der Waals surface area (Å²) in [7, 11) is 2.18. The fourth-order valence-corrected chi connectivity index (χ4v) is 3.16. The van der Waals surface area contributed by atoms with Gasteiger partial charge in [0.15, 0.2) is 0 Å². The third-order valence-corrected chi connectivity index (χ3v) is 4.26. The molecule has 1 saturated heterocycles. The maximum absolute atomic E-state index is 5.62. The molecule has 0 bridgehead atoms. The van der Waals surface area contributed by atoms with Crippen LogP contribution in [-0.4, -0.2) is 44.2 Å². The van der Waals surface area contributed by atoms with E-state index in [1.54, 1.807) is 0 Å². The van der Waals surface area contributed by atoms with Crippen molar-refractivity contribution in [3.8, 4) is 0 Å². The lowest BCUT2D eigenvalue weighted by atomic mass is 10.2. The molecule has 3 nitrogen and oxygen atoms in total. The lowest BCUT2D eigenvalue weighted by molar-refractivity contribution is 0.266. The fraction of sp³-hybridized carbons (Fsp3) is 0.571. The summed E-state index contributed by atoms with van der Waals surface area (Å²) in [6.45, 7) is 6.15. The van der Waals surface area contributed by atoms with E-state index in [1.165, 1.54) is 17.7 Å². The van der Waals surface area contributed by atoms with E-state index in [9.17, 15) is 0 Å². The summed E-state index contributed by atoms with van der Waals surface area (Å²) in [5.41, 5.74) is 8.33. The first-order valence-corrected chi connectivity index (χ1v) is 7.32. The molecule has 1 aliphatic rings. The highest BCUT2D eigenvalue weighted by molar-refractivity contribution is 9.10. The van der Waals surface area contributed by atoms with Crippen LogP contribution in [-0.2, 0) is 0 Å². The molecule has 1 heterocycles. The molecule has 100 valence electrons. The summed E-state index contributed by atoms with van der Waals surface area (Å²) in [5, 5.41) is 0. The van der Waals surface area contributed by atoms with E-state index in [0.717, 1.165) is 30.7 Å². The lowest BCUT2D eigenvalue weighted by Gasteiger charge is -2.25. The van der Waals surface area contributed by atoms with Gasteiger partial charge in [-0.05, 0) is 44.2 Å². The molecule has 1 aromatic carbocycles. The SMILES string of the molecule is Cc1cc(Br)ccc1N1CCC(N(C)CCN)C1. The number of nitrogens with zero attached hydrogens (tertiary/aromatic N) is 2. The number of anilines is 1. The smallest absolute Gasteiger partial charge is 0.0397 e. The molecule has 1 fully saturated rings. The van der Waals surface area contributed by atoms with E-state index >= 15 is 0 Å². The first kappa shape index (κ1) is 13.8. The molecule has 1 atom stereocenters. The Hall–Kier alpha value is -0.580. The fourth-order valence-electron chi connectivity index (χ4n) is 2.68. The van der Waals surface area contributed by atoms with Gasteiger partial charge in [0.25, 0.3) is 0 Å². The summed E-state index contributed by atoms with van der Waals surface area (Å²) < 4.78 is 1.15. The molecule has 0 aliphatic carbocycles. The zero-order chi connectivity index (χ0) is 13.1. The van der Waals surface area contributed by atoms with Crippen molar-refractivity contribution < 1.29 is 0 Å². The average molecular weight is 312 g/mol. The molecule has 2 N–H and O–H groups in total. The third kappa shape index (κ3) is 3.05. The minimum absolute atomic E-state index is 0.636. The molecule has 0 aromatic heterocycles. The number of rotatable bonds is 4. The second-order valence-corrected chi connectivity index (χ2v) is 6.00. The number of likely N-dealkylation sites (N-methyl/N-ethyl adjacent to an activating group) is 1. The molecule has 0 radical (unpaired) electrons. The van der Waals surface area contributed by atoms with E-state index in [0.29, 0.717) is 6.04 Å². The molecule has 1 aromatic rings. The Morgan fingerprint density at radius 3 is 2.94 bits per heavy atom. The van der Waals surface area contributed by atoms with Crippen molar-refractivity contribution in [1.82, 2.24) is 4.90 Å². The van der Waals surface area contributed by atoms with Crippen LogP contribution < -0.4 is 10.6 Å². The predicted molar refractivity (Wildman–Crippen MR) is 81.2 cm³/mol. The second-order valence-electron chi connectivity index (χ2n) is 5.09. The van der Waals surface area contributed by atoms with Crippen LogP contribution in [0.15, 0.2) is 22.7 Å². The van der Waals surface area contributed by atoms with Crippen LogP contribution >= 0.6 is 15.9 Å². The maximum atomic E-state index is 5.62. The number of halogens is 1. The summed E-state index contributed by atoms with van der Waals surface area (Å²) in [5.74, 6) is 0. The summed E-state index contributed by atoms with van der Waals surface area (Å²) in [6.07, 6.45) is 1.23. The predicted octanol–water partition coefficient (Wildman–Crippen LogP) is 2.23. The lowest BCUT2D eigenvalue weighted by Crippen LogP contribution is -2.37. The summed E-state index contributed by atoms with van der Waals surface area (Å²) in [4.78, 5) is 4.87. The quantitative estimate of drug-likeness (QED) is 0.925. The molecule has 1 unspecified atom stereocenters. The summed E-state index contributed by atoms with van der Waals surface area (Å²) >= 11 is 3.52. The first-order valence-electron chi connectivity index (χ1n) is 6.53.